The minimum Gasteiger partial charge on any atom is -0.497 e. The Morgan fingerprint density at radius 2 is 1.67 bits per heavy atom. The van der Waals surface area contributed by atoms with Gasteiger partial charge in [-0.05, 0) is 24.3 Å². The van der Waals surface area contributed by atoms with Gasteiger partial charge in [0.05, 0.1) is 26.9 Å². The maximum absolute atomic E-state index is 5.70. The molecule has 1 aromatic carbocycles. The summed E-state index contributed by atoms with van der Waals surface area (Å²) in [5.74, 6) is 3.22. The van der Waals surface area contributed by atoms with E-state index in [0.29, 0.717) is 13.2 Å². The van der Waals surface area contributed by atoms with Crippen LogP contribution in [0.3, 0.4) is 0 Å². The summed E-state index contributed by atoms with van der Waals surface area (Å²) in [6.07, 6.45) is 1.56. The van der Waals surface area contributed by atoms with Crippen molar-refractivity contribution in [3.05, 3.63) is 36.7 Å². The Bertz CT molecular complexity index is 677. The van der Waals surface area contributed by atoms with Crippen LogP contribution in [-0.4, -0.2) is 74.5 Å². The molecule has 27 heavy (non-hydrogen) atoms. The lowest BCUT2D eigenvalue weighted by Crippen LogP contribution is -2.39. The Morgan fingerprint density at radius 3 is 2.37 bits per heavy atom. The molecule has 146 valence electrons. The highest BCUT2D eigenvalue weighted by molar-refractivity contribution is 5.46. The van der Waals surface area contributed by atoms with E-state index in [1.54, 1.807) is 13.4 Å². The van der Waals surface area contributed by atoms with Crippen molar-refractivity contribution in [2.75, 3.05) is 70.3 Å². The van der Waals surface area contributed by atoms with Gasteiger partial charge in [-0.15, -0.1) is 0 Å². The Balaban J connectivity index is 1.35. The summed E-state index contributed by atoms with van der Waals surface area (Å²) < 4.78 is 16.2. The van der Waals surface area contributed by atoms with Crippen LogP contribution in [0.5, 0.6) is 11.5 Å². The first-order chi connectivity index (χ1) is 13.3. The van der Waals surface area contributed by atoms with E-state index in [-0.39, 0.29) is 0 Å². The number of morpholine rings is 1. The summed E-state index contributed by atoms with van der Waals surface area (Å²) in [6, 6.07) is 9.44. The van der Waals surface area contributed by atoms with Gasteiger partial charge >= 0.3 is 0 Å². The minimum absolute atomic E-state index is 0.538. The van der Waals surface area contributed by atoms with Crippen LogP contribution in [0.25, 0.3) is 0 Å². The molecule has 2 N–H and O–H groups in total. The van der Waals surface area contributed by atoms with Gasteiger partial charge < -0.3 is 24.8 Å². The van der Waals surface area contributed by atoms with Gasteiger partial charge in [0.15, 0.2) is 0 Å². The molecule has 3 rings (SSSR count). The second kappa shape index (κ2) is 10.5. The second-order valence-corrected chi connectivity index (χ2v) is 6.12. The Hall–Kier alpha value is -2.58. The molecule has 0 atom stereocenters. The van der Waals surface area contributed by atoms with Gasteiger partial charge in [-0.2, -0.15) is 0 Å². The third kappa shape index (κ3) is 6.58. The van der Waals surface area contributed by atoms with Crippen molar-refractivity contribution in [1.82, 2.24) is 14.9 Å². The summed E-state index contributed by atoms with van der Waals surface area (Å²) in [5.41, 5.74) is 0. The van der Waals surface area contributed by atoms with Crippen LogP contribution in [0, 0.1) is 0 Å². The maximum atomic E-state index is 5.70. The van der Waals surface area contributed by atoms with Crippen LogP contribution in [0.1, 0.15) is 0 Å². The number of hydrogen-bond donors (Lipinski definition) is 2. The summed E-state index contributed by atoms with van der Waals surface area (Å²) in [5, 5.41) is 6.59. The van der Waals surface area contributed by atoms with Crippen molar-refractivity contribution >= 4 is 11.6 Å². The molecule has 1 saturated heterocycles. The normalized spacial score (nSPS) is 14.6. The molecule has 8 nitrogen and oxygen atoms in total. The zero-order valence-corrected chi connectivity index (χ0v) is 15.7. The predicted octanol–water partition coefficient (Wildman–Crippen LogP) is 1.72. The Kier molecular flexibility index (Phi) is 7.49. The largest absolute Gasteiger partial charge is 0.497 e. The molecule has 1 aliphatic heterocycles. The zero-order valence-electron chi connectivity index (χ0n) is 15.7. The fourth-order valence-electron chi connectivity index (χ4n) is 2.74. The quantitative estimate of drug-likeness (QED) is 0.610. The van der Waals surface area contributed by atoms with E-state index in [4.69, 9.17) is 14.2 Å². The molecule has 0 saturated carbocycles. The fourth-order valence-corrected chi connectivity index (χ4v) is 2.74. The van der Waals surface area contributed by atoms with Crippen molar-refractivity contribution in [2.24, 2.45) is 0 Å². The number of nitrogens with zero attached hydrogens (tertiary/aromatic N) is 3. The average molecular weight is 373 g/mol. The Labute approximate surface area is 159 Å². The summed E-state index contributed by atoms with van der Waals surface area (Å²) in [4.78, 5) is 10.9. The lowest BCUT2D eigenvalue weighted by atomic mass is 10.3. The third-order valence-corrected chi connectivity index (χ3v) is 4.24. The summed E-state index contributed by atoms with van der Waals surface area (Å²) in [6.45, 7) is 6.63. The lowest BCUT2D eigenvalue weighted by molar-refractivity contribution is 0.0398. The molecule has 1 aliphatic rings. The highest BCUT2D eigenvalue weighted by Crippen LogP contribution is 2.16. The van der Waals surface area contributed by atoms with Crippen LogP contribution in [0.2, 0.25) is 0 Å². The average Bonchev–Trinajstić information content (AvgIpc) is 2.73. The van der Waals surface area contributed by atoms with Gasteiger partial charge in [-0.3, -0.25) is 4.90 Å². The lowest BCUT2D eigenvalue weighted by Gasteiger charge is -2.26. The molecule has 0 unspecified atom stereocenters. The number of anilines is 2. The van der Waals surface area contributed by atoms with Crippen molar-refractivity contribution < 1.29 is 14.2 Å². The minimum atomic E-state index is 0.538. The van der Waals surface area contributed by atoms with Crippen LogP contribution < -0.4 is 20.1 Å². The molecule has 1 aromatic heterocycles. The first-order valence-corrected chi connectivity index (χ1v) is 9.20. The molecular formula is C19H27N5O3. The molecule has 0 bridgehead atoms. The van der Waals surface area contributed by atoms with Crippen LogP contribution >= 0.6 is 0 Å². The van der Waals surface area contributed by atoms with Crippen molar-refractivity contribution in [1.29, 1.82) is 0 Å². The van der Waals surface area contributed by atoms with E-state index in [2.05, 4.69) is 25.5 Å². The van der Waals surface area contributed by atoms with E-state index < -0.39 is 0 Å². The number of ether oxygens (including phenoxy) is 3. The van der Waals surface area contributed by atoms with Crippen LogP contribution in [0.15, 0.2) is 36.7 Å². The predicted molar refractivity (Wildman–Crippen MR) is 105 cm³/mol. The van der Waals surface area contributed by atoms with E-state index in [1.807, 2.05) is 30.3 Å². The van der Waals surface area contributed by atoms with E-state index in [1.165, 1.54) is 0 Å². The number of aromatic nitrogens is 2. The molecule has 1 fully saturated rings. The fraction of sp³-hybridized carbons (Fsp3) is 0.474. The SMILES string of the molecule is COc1ccc(OCCNc2cc(NCCN3CCOCC3)ncn2)cc1. The molecule has 2 aromatic rings. The number of benzene rings is 1. The van der Waals surface area contributed by atoms with Gasteiger partial charge in [-0.1, -0.05) is 0 Å². The molecule has 8 heteroatoms. The molecule has 0 radical (unpaired) electrons. The van der Waals surface area contributed by atoms with Gasteiger partial charge in [-0.25, -0.2) is 9.97 Å². The van der Waals surface area contributed by atoms with Gasteiger partial charge in [0.1, 0.15) is 36.1 Å². The smallest absolute Gasteiger partial charge is 0.131 e. The van der Waals surface area contributed by atoms with Gasteiger partial charge in [0.2, 0.25) is 0 Å². The van der Waals surface area contributed by atoms with Crippen LogP contribution in [0.4, 0.5) is 11.6 Å². The van der Waals surface area contributed by atoms with Crippen molar-refractivity contribution in [3.8, 4) is 11.5 Å². The first kappa shape index (κ1) is 19.2. The highest BCUT2D eigenvalue weighted by Gasteiger charge is 2.09. The first-order valence-electron chi connectivity index (χ1n) is 9.20. The molecule has 2 heterocycles. The maximum Gasteiger partial charge on any atom is 0.131 e. The summed E-state index contributed by atoms with van der Waals surface area (Å²) >= 11 is 0. The van der Waals surface area contributed by atoms with E-state index in [0.717, 1.165) is 62.5 Å². The second-order valence-electron chi connectivity index (χ2n) is 6.12. The number of rotatable bonds is 10. The number of methoxy groups -OCH3 is 1. The standard InChI is InChI=1S/C19H27N5O3/c1-25-16-2-4-17(5-3-16)27-11-7-21-19-14-18(22-15-23-19)20-6-8-24-9-12-26-13-10-24/h2-5,14-15H,6-13H2,1H3,(H2,20,21,22,23). The van der Waals surface area contributed by atoms with Gasteiger partial charge in [0.25, 0.3) is 0 Å². The molecule has 0 aliphatic carbocycles. The zero-order chi connectivity index (χ0) is 18.7. The number of nitrogens with one attached hydrogen (secondary N) is 2. The Morgan fingerprint density at radius 1 is 1.00 bits per heavy atom. The topological polar surface area (TPSA) is 80.8 Å². The van der Waals surface area contributed by atoms with Gasteiger partial charge in [0, 0.05) is 32.2 Å². The summed E-state index contributed by atoms with van der Waals surface area (Å²) in [7, 11) is 1.65. The van der Waals surface area contributed by atoms with E-state index >= 15 is 0 Å². The monoisotopic (exact) mass is 373 g/mol. The third-order valence-electron chi connectivity index (χ3n) is 4.24. The van der Waals surface area contributed by atoms with Crippen LogP contribution in [-0.2, 0) is 4.74 Å². The van der Waals surface area contributed by atoms with Crippen molar-refractivity contribution in [3.63, 3.8) is 0 Å². The highest BCUT2D eigenvalue weighted by atomic mass is 16.5. The number of hydrogen-bond acceptors (Lipinski definition) is 8. The molecule has 0 amide bonds. The van der Waals surface area contributed by atoms with Crippen molar-refractivity contribution in [2.45, 2.75) is 0 Å². The molecule has 0 spiro atoms. The molecular weight excluding hydrogens is 346 g/mol. The van der Waals surface area contributed by atoms with E-state index in [9.17, 15) is 0 Å².